The SMILES string of the molecule is Cn1nc(C2CCCC2)c(Br)c1N. The standard InChI is InChI=1S/C9H14BrN3/c1-13-9(11)7(10)8(12-13)6-4-2-3-5-6/h6H,2-5,11H2,1H3. The normalized spacial score (nSPS) is 18.3. The zero-order chi connectivity index (χ0) is 9.42. The van der Waals surface area contributed by atoms with Gasteiger partial charge in [-0.05, 0) is 28.8 Å². The molecule has 2 N–H and O–H groups in total. The first-order valence-electron chi connectivity index (χ1n) is 4.68. The number of aromatic nitrogens is 2. The van der Waals surface area contributed by atoms with Crippen molar-refractivity contribution in [2.24, 2.45) is 7.05 Å². The molecule has 1 fully saturated rings. The van der Waals surface area contributed by atoms with Gasteiger partial charge in [-0.2, -0.15) is 5.10 Å². The second-order valence-electron chi connectivity index (χ2n) is 3.69. The number of hydrogen-bond acceptors (Lipinski definition) is 2. The van der Waals surface area contributed by atoms with Gasteiger partial charge in [-0.25, -0.2) is 0 Å². The molecule has 1 aromatic rings. The average Bonchev–Trinajstić information content (AvgIpc) is 2.70. The van der Waals surface area contributed by atoms with Gasteiger partial charge in [0, 0.05) is 13.0 Å². The minimum absolute atomic E-state index is 0.623. The summed E-state index contributed by atoms with van der Waals surface area (Å²) < 4.78 is 2.75. The van der Waals surface area contributed by atoms with E-state index in [1.807, 2.05) is 7.05 Å². The lowest BCUT2D eigenvalue weighted by Gasteiger charge is -2.04. The molecule has 13 heavy (non-hydrogen) atoms. The molecule has 0 aliphatic heterocycles. The molecule has 3 nitrogen and oxygen atoms in total. The van der Waals surface area contributed by atoms with Crippen LogP contribution in [-0.2, 0) is 7.05 Å². The number of nitrogens with zero attached hydrogens (tertiary/aromatic N) is 2. The molecule has 0 unspecified atom stereocenters. The summed E-state index contributed by atoms with van der Waals surface area (Å²) in [4.78, 5) is 0. The van der Waals surface area contributed by atoms with E-state index in [-0.39, 0.29) is 0 Å². The van der Waals surface area contributed by atoms with Crippen LogP contribution >= 0.6 is 15.9 Å². The maximum Gasteiger partial charge on any atom is 0.136 e. The summed E-state index contributed by atoms with van der Waals surface area (Å²) in [5, 5.41) is 4.44. The zero-order valence-electron chi connectivity index (χ0n) is 7.76. The number of rotatable bonds is 1. The summed E-state index contributed by atoms with van der Waals surface area (Å²) >= 11 is 3.50. The molecule has 1 saturated carbocycles. The Bertz CT molecular complexity index is 313. The summed E-state index contributed by atoms with van der Waals surface area (Å²) in [7, 11) is 1.89. The Morgan fingerprint density at radius 1 is 1.46 bits per heavy atom. The van der Waals surface area contributed by atoms with Gasteiger partial charge in [0.2, 0.25) is 0 Å². The Hall–Kier alpha value is -0.510. The van der Waals surface area contributed by atoms with Crippen molar-refractivity contribution >= 4 is 21.7 Å². The predicted molar refractivity (Wildman–Crippen MR) is 56.5 cm³/mol. The Labute approximate surface area is 86.4 Å². The van der Waals surface area contributed by atoms with Crippen LogP contribution in [0.15, 0.2) is 4.47 Å². The van der Waals surface area contributed by atoms with Gasteiger partial charge in [-0.1, -0.05) is 12.8 Å². The van der Waals surface area contributed by atoms with Gasteiger partial charge in [-0.15, -0.1) is 0 Å². The number of anilines is 1. The number of nitrogens with two attached hydrogens (primary N) is 1. The number of halogens is 1. The van der Waals surface area contributed by atoms with Crippen molar-refractivity contribution in [1.82, 2.24) is 9.78 Å². The maximum absolute atomic E-state index is 5.82. The molecule has 0 saturated heterocycles. The Balaban J connectivity index is 2.34. The average molecular weight is 244 g/mol. The molecule has 72 valence electrons. The second kappa shape index (κ2) is 3.33. The Kier molecular flexibility index (Phi) is 2.32. The molecule has 1 heterocycles. The van der Waals surface area contributed by atoms with E-state index in [1.165, 1.54) is 25.7 Å². The zero-order valence-corrected chi connectivity index (χ0v) is 9.34. The van der Waals surface area contributed by atoms with Gasteiger partial charge >= 0.3 is 0 Å². The van der Waals surface area contributed by atoms with Crippen molar-refractivity contribution in [1.29, 1.82) is 0 Å². The van der Waals surface area contributed by atoms with Crippen LogP contribution in [0.5, 0.6) is 0 Å². The summed E-state index contributed by atoms with van der Waals surface area (Å²) in [6, 6.07) is 0. The highest BCUT2D eigenvalue weighted by Gasteiger charge is 2.23. The van der Waals surface area contributed by atoms with Crippen molar-refractivity contribution in [3.05, 3.63) is 10.2 Å². The summed E-state index contributed by atoms with van der Waals surface area (Å²) in [5.41, 5.74) is 6.97. The van der Waals surface area contributed by atoms with E-state index >= 15 is 0 Å². The molecule has 0 radical (unpaired) electrons. The molecule has 1 aromatic heterocycles. The lowest BCUT2D eigenvalue weighted by atomic mass is 10.0. The van der Waals surface area contributed by atoms with E-state index < -0.39 is 0 Å². The molecule has 0 aromatic carbocycles. The molecule has 4 heteroatoms. The van der Waals surface area contributed by atoms with Crippen LogP contribution in [0.2, 0.25) is 0 Å². The summed E-state index contributed by atoms with van der Waals surface area (Å²) in [6.07, 6.45) is 5.17. The van der Waals surface area contributed by atoms with Crippen LogP contribution in [0, 0.1) is 0 Å². The minimum atomic E-state index is 0.623. The van der Waals surface area contributed by atoms with Gasteiger partial charge in [0.1, 0.15) is 5.82 Å². The van der Waals surface area contributed by atoms with Crippen molar-refractivity contribution in [3.63, 3.8) is 0 Å². The molecule has 1 aliphatic rings. The van der Waals surface area contributed by atoms with E-state index in [4.69, 9.17) is 5.73 Å². The Morgan fingerprint density at radius 2 is 2.08 bits per heavy atom. The Morgan fingerprint density at radius 3 is 2.54 bits per heavy atom. The highest BCUT2D eigenvalue weighted by molar-refractivity contribution is 9.10. The third-order valence-electron chi connectivity index (χ3n) is 2.80. The molecular formula is C9H14BrN3. The van der Waals surface area contributed by atoms with E-state index in [0.717, 1.165) is 16.0 Å². The molecule has 2 rings (SSSR count). The van der Waals surface area contributed by atoms with E-state index in [2.05, 4.69) is 21.0 Å². The highest BCUT2D eigenvalue weighted by Crippen LogP contribution is 2.38. The number of aryl methyl sites for hydroxylation is 1. The molecule has 0 spiro atoms. The lowest BCUT2D eigenvalue weighted by Crippen LogP contribution is -1.98. The van der Waals surface area contributed by atoms with Crippen LogP contribution in [0.3, 0.4) is 0 Å². The van der Waals surface area contributed by atoms with Crippen molar-refractivity contribution < 1.29 is 0 Å². The smallest absolute Gasteiger partial charge is 0.136 e. The molecule has 1 aliphatic carbocycles. The van der Waals surface area contributed by atoms with Crippen LogP contribution in [-0.4, -0.2) is 9.78 Å². The van der Waals surface area contributed by atoms with E-state index in [0.29, 0.717) is 5.92 Å². The summed E-state index contributed by atoms with van der Waals surface area (Å²) in [5.74, 6) is 1.36. The first-order valence-corrected chi connectivity index (χ1v) is 5.47. The van der Waals surface area contributed by atoms with Gasteiger partial charge in [0.15, 0.2) is 0 Å². The fourth-order valence-corrected chi connectivity index (χ4v) is 2.65. The second-order valence-corrected chi connectivity index (χ2v) is 4.48. The van der Waals surface area contributed by atoms with Crippen LogP contribution < -0.4 is 5.73 Å². The van der Waals surface area contributed by atoms with Crippen LogP contribution in [0.1, 0.15) is 37.3 Å². The first-order chi connectivity index (χ1) is 6.20. The summed E-state index contributed by atoms with van der Waals surface area (Å²) in [6.45, 7) is 0. The minimum Gasteiger partial charge on any atom is -0.383 e. The van der Waals surface area contributed by atoms with E-state index in [1.54, 1.807) is 4.68 Å². The maximum atomic E-state index is 5.82. The number of nitrogen functional groups attached to an aromatic ring is 1. The molecular weight excluding hydrogens is 230 g/mol. The van der Waals surface area contributed by atoms with Crippen LogP contribution in [0.4, 0.5) is 5.82 Å². The molecule has 0 atom stereocenters. The van der Waals surface area contributed by atoms with Gasteiger partial charge < -0.3 is 5.73 Å². The van der Waals surface area contributed by atoms with Crippen molar-refractivity contribution in [2.75, 3.05) is 5.73 Å². The molecule has 0 amide bonds. The largest absolute Gasteiger partial charge is 0.383 e. The lowest BCUT2D eigenvalue weighted by molar-refractivity contribution is 0.658. The fraction of sp³-hybridized carbons (Fsp3) is 0.667. The third-order valence-corrected chi connectivity index (χ3v) is 3.61. The van der Waals surface area contributed by atoms with E-state index in [9.17, 15) is 0 Å². The van der Waals surface area contributed by atoms with Crippen LogP contribution in [0.25, 0.3) is 0 Å². The highest BCUT2D eigenvalue weighted by atomic mass is 79.9. The monoisotopic (exact) mass is 243 g/mol. The number of hydrogen-bond donors (Lipinski definition) is 1. The van der Waals surface area contributed by atoms with Gasteiger partial charge in [0.05, 0.1) is 10.2 Å². The third kappa shape index (κ3) is 1.47. The van der Waals surface area contributed by atoms with Crippen molar-refractivity contribution in [2.45, 2.75) is 31.6 Å². The first kappa shape index (κ1) is 9.06. The topological polar surface area (TPSA) is 43.8 Å². The van der Waals surface area contributed by atoms with Gasteiger partial charge in [0.25, 0.3) is 0 Å². The van der Waals surface area contributed by atoms with Crippen molar-refractivity contribution in [3.8, 4) is 0 Å². The quantitative estimate of drug-likeness (QED) is 0.824. The van der Waals surface area contributed by atoms with Gasteiger partial charge in [-0.3, -0.25) is 4.68 Å². The predicted octanol–water partition coefficient (Wildman–Crippen LogP) is 2.42. The molecule has 0 bridgehead atoms. The fourth-order valence-electron chi connectivity index (χ4n) is 1.99.